The fraction of sp³-hybridized carbons (Fsp3) is 0.533. The summed E-state index contributed by atoms with van der Waals surface area (Å²) in [6, 6.07) is 0.317. The lowest BCUT2D eigenvalue weighted by Gasteiger charge is -2.39. The van der Waals surface area contributed by atoms with Crippen molar-refractivity contribution in [2.45, 2.75) is 32.7 Å². The standard InChI is InChI=1S/C15H20N4O2/c1-9-4-5-19(10(2)6-9)13-11-8-17-18(3)14(11)16-7-12(13)15(20)21/h7-10H,4-6H2,1-3H3,(H,20,21). The molecule has 1 aliphatic rings. The molecule has 112 valence electrons. The third-order valence-electron chi connectivity index (χ3n) is 4.39. The predicted molar refractivity (Wildman–Crippen MR) is 80.7 cm³/mol. The zero-order chi connectivity index (χ0) is 15.1. The van der Waals surface area contributed by atoms with Gasteiger partial charge in [-0.1, -0.05) is 6.92 Å². The summed E-state index contributed by atoms with van der Waals surface area (Å²) < 4.78 is 1.68. The number of aromatic nitrogens is 3. The molecule has 0 amide bonds. The highest BCUT2D eigenvalue weighted by Gasteiger charge is 2.29. The van der Waals surface area contributed by atoms with E-state index in [1.54, 1.807) is 10.9 Å². The van der Waals surface area contributed by atoms with Gasteiger partial charge in [0.15, 0.2) is 5.65 Å². The van der Waals surface area contributed by atoms with Crippen molar-refractivity contribution < 1.29 is 9.90 Å². The summed E-state index contributed by atoms with van der Waals surface area (Å²) in [5, 5.41) is 14.6. The van der Waals surface area contributed by atoms with Crippen LogP contribution >= 0.6 is 0 Å². The van der Waals surface area contributed by atoms with E-state index >= 15 is 0 Å². The molecule has 6 heteroatoms. The third kappa shape index (κ3) is 2.24. The molecule has 1 saturated heterocycles. The van der Waals surface area contributed by atoms with E-state index in [0.717, 1.165) is 36.1 Å². The van der Waals surface area contributed by atoms with Crippen molar-refractivity contribution >= 4 is 22.7 Å². The molecule has 2 aromatic heterocycles. The molecule has 0 radical (unpaired) electrons. The van der Waals surface area contributed by atoms with Gasteiger partial charge >= 0.3 is 5.97 Å². The first-order valence-corrected chi connectivity index (χ1v) is 7.29. The van der Waals surface area contributed by atoms with Crippen LogP contribution in [0.25, 0.3) is 11.0 Å². The number of aromatic carboxylic acids is 1. The summed E-state index contributed by atoms with van der Waals surface area (Å²) in [5.41, 5.74) is 1.75. The third-order valence-corrected chi connectivity index (χ3v) is 4.39. The molecule has 3 heterocycles. The van der Waals surface area contributed by atoms with Gasteiger partial charge in [-0.05, 0) is 25.7 Å². The Kier molecular flexibility index (Phi) is 3.31. The number of anilines is 1. The number of aryl methyl sites for hydroxylation is 1. The molecular formula is C15H20N4O2. The summed E-state index contributed by atoms with van der Waals surface area (Å²) in [6.07, 6.45) is 5.32. The number of carboxylic acids is 1. The van der Waals surface area contributed by atoms with Crippen molar-refractivity contribution in [1.82, 2.24) is 14.8 Å². The van der Waals surface area contributed by atoms with Crippen LogP contribution in [0.1, 0.15) is 37.0 Å². The van der Waals surface area contributed by atoms with Crippen molar-refractivity contribution in [3.05, 3.63) is 18.0 Å². The molecule has 21 heavy (non-hydrogen) atoms. The van der Waals surface area contributed by atoms with Crippen LogP contribution in [0.2, 0.25) is 0 Å². The number of pyridine rings is 1. The number of carbonyl (C=O) groups is 1. The number of rotatable bonds is 2. The van der Waals surface area contributed by atoms with Crippen LogP contribution in [0.5, 0.6) is 0 Å². The minimum atomic E-state index is -0.936. The first-order chi connectivity index (χ1) is 9.99. The Bertz CT molecular complexity index is 694. The molecule has 0 saturated carbocycles. The van der Waals surface area contributed by atoms with Crippen molar-refractivity contribution in [2.24, 2.45) is 13.0 Å². The van der Waals surface area contributed by atoms with Crippen molar-refractivity contribution in [1.29, 1.82) is 0 Å². The fourth-order valence-electron chi connectivity index (χ4n) is 3.29. The van der Waals surface area contributed by atoms with E-state index in [-0.39, 0.29) is 5.56 Å². The Hall–Kier alpha value is -2.11. The van der Waals surface area contributed by atoms with Crippen LogP contribution in [0.15, 0.2) is 12.4 Å². The van der Waals surface area contributed by atoms with Crippen LogP contribution in [0.4, 0.5) is 5.69 Å². The Balaban J connectivity index is 2.18. The lowest BCUT2D eigenvalue weighted by Crippen LogP contribution is -2.41. The van der Waals surface area contributed by atoms with Gasteiger partial charge in [-0.25, -0.2) is 9.78 Å². The van der Waals surface area contributed by atoms with E-state index in [0.29, 0.717) is 12.0 Å². The second-order valence-corrected chi connectivity index (χ2v) is 6.00. The highest BCUT2D eigenvalue weighted by Crippen LogP contribution is 2.35. The molecule has 0 spiro atoms. The highest BCUT2D eigenvalue weighted by atomic mass is 16.4. The predicted octanol–water partition coefficient (Wildman–Crippen LogP) is 2.29. The number of fused-ring (bicyclic) bond motifs is 1. The molecular weight excluding hydrogens is 268 g/mol. The second-order valence-electron chi connectivity index (χ2n) is 6.00. The zero-order valence-corrected chi connectivity index (χ0v) is 12.6. The Morgan fingerprint density at radius 1 is 1.38 bits per heavy atom. The number of carboxylic acid groups (broad SMARTS) is 1. The van der Waals surface area contributed by atoms with Crippen LogP contribution in [0.3, 0.4) is 0 Å². The molecule has 2 aromatic rings. The van der Waals surface area contributed by atoms with Gasteiger partial charge in [0, 0.05) is 25.8 Å². The molecule has 2 atom stereocenters. The van der Waals surface area contributed by atoms with Crippen LogP contribution < -0.4 is 4.90 Å². The maximum atomic E-state index is 11.6. The van der Waals surface area contributed by atoms with E-state index < -0.39 is 5.97 Å². The molecule has 1 N–H and O–H groups in total. The van der Waals surface area contributed by atoms with E-state index in [1.165, 1.54) is 6.20 Å². The minimum Gasteiger partial charge on any atom is -0.478 e. The van der Waals surface area contributed by atoms with E-state index in [2.05, 4.69) is 28.8 Å². The van der Waals surface area contributed by atoms with E-state index in [4.69, 9.17) is 0 Å². The fourth-order valence-corrected chi connectivity index (χ4v) is 3.29. The van der Waals surface area contributed by atoms with Gasteiger partial charge in [0.1, 0.15) is 5.56 Å². The summed E-state index contributed by atoms with van der Waals surface area (Å²) in [7, 11) is 1.82. The van der Waals surface area contributed by atoms with Crippen molar-refractivity contribution in [2.75, 3.05) is 11.4 Å². The normalized spacial score (nSPS) is 22.7. The van der Waals surface area contributed by atoms with E-state index in [9.17, 15) is 9.90 Å². The molecule has 0 aromatic carbocycles. The van der Waals surface area contributed by atoms with Crippen molar-refractivity contribution in [3.63, 3.8) is 0 Å². The lowest BCUT2D eigenvalue weighted by molar-refractivity contribution is 0.0697. The molecule has 0 aliphatic carbocycles. The molecule has 3 rings (SSSR count). The van der Waals surface area contributed by atoms with Gasteiger partial charge in [-0.3, -0.25) is 4.68 Å². The van der Waals surface area contributed by atoms with E-state index in [1.807, 2.05) is 7.05 Å². The molecule has 1 fully saturated rings. The van der Waals surface area contributed by atoms with Gasteiger partial charge in [0.2, 0.25) is 0 Å². The molecule has 1 aliphatic heterocycles. The quantitative estimate of drug-likeness (QED) is 0.918. The smallest absolute Gasteiger partial charge is 0.339 e. The minimum absolute atomic E-state index is 0.261. The number of piperidine rings is 1. The maximum Gasteiger partial charge on any atom is 0.339 e. The monoisotopic (exact) mass is 288 g/mol. The number of nitrogens with zero attached hydrogens (tertiary/aromatic N) is 4. The molecule has 6 nitrogen and oxygen atoms in total. The summed E-state index contributed by atoms with van der Waals surface area (Å²) in [5.74, 6) is -0.259. The first kappa shape index (κ1) is 13.9. The number of hydrogen-bond donors (Lipinski definition) is 1. The SMILES string of the molecule is CC1CCN(c2c(C(=O)O)cnc3c2cnn3C)C(C)C1. The molecule has 0 bridgehead atoms. The lowest BCUT2D eigenvalue weighted by atomic mass is 9.92. The van der Waals surface area contributed by atoms with Crippen LogP contribution in [-0.4, -0.2) is 38.4 Å². The maximum absolute atomic E-state index is 11.6. The van der Waals surface area contributed by atoms with Crippen LogP contribution in [-0.2, 0) is 7.05 Å². The molecule has 2 unspecified atom stereocenters. The van der Waals surface area contributed by atoms with Gasteiger partial charge in [-0.2, -0.15) is 5.10 Å². The Labute approximate surface area is 123 Å². The van der Waals surface area contributed by atoms with Gasteiger partial charge in [0.05, 0.1) is 17.3 Å². The summed E-state index contributed by atoms with van der Waals surface area (Å²) in [4.78, 5) is 18.0. The Morgan fingerprint density at radius 3 is 2.81 bits per heavy atom. The first-order valence-electron chi connectivity index (χ1n) is 7.29. The average molecular weight is 288 g/mol. The van der Waals surface area contributed by atoms with Gasteiger partial charge < -0.3 is 10.0 Å². The second kappa shape index (κ2) is 5.02. The summed E-state index contributed by atoms with van der Waals surface area (Å²) in [6.45, 7) is 5.28. The zero-order valence-electron chi connectivity index (χ0n) is 12.6. The summed E-state index contributed by atoms with van der Waals surface area (Å²) >= 11 is 0. The van der Waals surface area contributed by atoms with Gasteiger partial charge in [-0.15, -0.1) is 0 Å². The van der Waals surface area contributed by atoms with Crippen molar-refractivity contribution in [3.8, 4) is 0 Å². The average Bonchev–Trinajstić information content (AvgIpc) is 2.80. The van der Waals surface area contributed by atoms with Crippen LogP contribution in [0, 0.1) is 5.92 Å². The Morgan fingerprint density at radius 2 is 2.14 bits per heavy atom. The van der Waals surface area contributed by atoms with Gasteiger partial charge in [0.25, 0.3) is 0 Å². The topological polar surface area (TPSA) is 71.2 Å². The highest BCUT2D eigenvalue weighted by molar-refractivity contribution is 6.03. The number of hydrogen-bond acceptors (Lipinski definition) is 4. The largest absolute Gasteiger partial charge is 0.478 e.